The molecule has 1 unspecified atom stereocenters. The van der Waals surface area contributed by atoms with E-state index in [9.17, 15) is 4.79 Å². The summed E-state index contributed by atoms with van der Waals surface area (Å²) in [5.41, 5.74) is 1.30. The number of benzene rings is 1. The Labute approximate surface area is 123 Å². The normalized spacial score (nSPS) is 17.5. The Morgan fingerprint density at radius 2 is 2.10 bits per heavy atom. The highest BCUT2D eigenvalue weighted by Gasteiger charge is 2.20. The van der Waals surface area contributed by atoms with Crippen LogP contribution in [0.2, 0.25) is 0 Å². The molecule has 0 fully saturated rings. The van der Waals surface area contributed by atoms with Crippen molar-refractivity contribution in [1.82, 2.24) is 15.5 Å². The van der Waals surface area contributed by atoms with Crippen molar-refractivity contribution in [3.8, 4) is 0 Å². The van der Waals surface area contributed by atoms with Gasteiger partial charge in [-0.1, -0.05) is 42.1 Å². The van der Waals surface area contributed by atoms with Gasteiger partial charge in [0.1, 0.15) is 0 Å². The van der Waals surface area contributed by atoms with E-state index in [1.807, 2.05) is 6.07 Å². The number of nitrogens with zero attached hydrogens (tertiary/aromatic N) is 2. The number of thioether (sulfide) groups is 1. The number of carbonyl (C=O) groups is 1. The van der Waals surface area contributed by atoms with E-state index in [-0.39, 0.29) is 6.03 Å². The third-order valence-corrected chi connectivity index (χ3v) is 4.11. The number of hydrogen-bond acceptors (Lipinski definition) is 4. The van der Waals surface area contributed by atoms with Crippen molar-refractivity contribution in [3.63, 3.8) is 0 Å². The van der Waals surface area contributed by atoms with Crippen LogP contribution in [0.4, 0.5) is 4.79 Å². The summed E-state index contributed by atoms with van der Waals surface area (Å²) in [5, 5.41) is 7.42. The van der Waals surface area contributed by atoms with Gasteiger partial charge in [-0.05, 0) is 5.56 Å². The standard InChI is InChI=1S/C14H20N4OS/c1-18(2)14(19)16-9-8-15-13-17-10-12(20-13)11-6-4-3-5-7-11/h3-7,12H,8-10H2,1-2H3,(H,15,17)(H,16,19). The molecule has 0 aromatic heterocycles. The largest absolute Gasteiger partial charge is 0.363 e. The molecule has 1 heterocycles. The second-order valence-electron chi connectivity index (χ2n) is 4.72. The molecular formula is C14H20N4OS. The Morgan fingerprint density at radius 1 is 1.35 bits per heavy atom. The predicted molar refractivity (Wildman–Crippen MR) is 84.2 cm³/mol. The topological polar surface area (TPSA) is 56.7 Å². The number of urea groups is 1. The zero-order chi connectivity index (χ0) is 14.4. The average molecular weight is 292 g/mol. The fourth-order valence-electron chi connectivity index (χ4n) is 1.81. The first-order valence-corrected chi connectivity index (χ1v) is 7.50. The van der Waals surface area contributed by atoms with Crippen LogP contribution in [0.25, 0.3) is 0 Å². The Bertz CT molecular complexity index is 475. The highest BCUT2D eigenvalue weighted by molar-refractivity contribution is 8.14. The van der Waals surface area contributed by atoms with Crippen LogP contribution in [0.1, 0.15) is 10.8 Å². The van der Waals surface area contributed by atoms with Crippen LogP contribution < -0.4 is 10.6 Å². The number of aliphatic imine (C=N–C) groups is 1. The zero-order valence-electron chi connectivity index (χ0n) is 11.8. The van der Waals surface area contributed by atoms with Gasteiger partial charge in [0.05, 0.1) is 11.8 Å². The van der Waals surface area contributed by atoms with Crippen LogP contribution in [-0.2, 0) is 0 Å². The van der Waals surface area contributed by atoms with Gasteiger partial charge in [-0.25, -0.2) is 4.79 Å². The minimum absolute atomic E-state index is 0.0741. The minimum atomic E-state index is -0.0741. The molecule has 0 spiro atoms. The van der Waals surface area contributed by atoms with Crippen LogP contribution in [0.3, 0.4) is 0 Å². The maximum absolute atomic E-state index is 11.3. The van der Waals surface area contributed by atoms with Crippen LogP contribution in [0.15, 0.2) is 35.3 Å². The van der Waals surface area contributed by atoms with E-state index in [0.717, 1.165) is 11.7 Å². The molecule has 2 N–H and O–H groups in total. The number of amides is 2. The molecule has 1 aliphatic rings. The third kappa shape index (κ3) is 4.16. The van der Waals surface area contributed by atoms with Gasteiger partial charge in [0, 0.05) is 27.2 Å². The molecule has 0 aliphatic carbocycles. The van der Waals surface area contributed by atoms with E-state index in [1.54, 1.807) is 25.9 Å². The maximum atomic E-state index is 11.3. The lowest BCUT2D eigenvalue weighted by Gasteiger charge is -2.12. The van der Waals surface area contributed by atoms with Gasteiger partial charge in [-0.2, -0.15) is 0 Å². The summed E-state index contributed by atoms with van der Waals surface area (Å²) in [4.78, 5) is 17.3. The van der Waals surface area contributed by atoms with Gasteiger partial charge in [0.2, 0.25) is 0 Å². The Morgan fingerprint density at radius 3 is 2.80 bits per heavy atom. The SMILES string of the molecule is CN(C)C(=O)NCCNC1=NCC(c2ccccc2)S1. The lowest BCUT2D eigenvalue weighted by Crippen LogP contribution is -2.39. The summed E-state index contributed by atoms with van der Waals surface area (Å²) in [6.07, 6.45) is 0. The molecule has 2 rings (SSSR count). The molecule has 0 radical (unpaired) electrons. The average Bonchev–Trinajstić information content (AvgIpc) is 2.93. The molecule has 0 bridgehead atoms. The molecular weight excluding hydrogens is 272 g/mol. The van der Waals surface area contributed by atoms with E-state index in [1.165, 1.54) is 10.5 Å². The Balaban J connectivity index is 1.68. The molecule has 1 aliphatic heterocycles. The van der Waals surface area contributed by atoms with Crippen LogP contribution in [0, 0.1) is 0 Å². The number of amidine groups is 1. The molecule has 1 aromatic carbocycles. The molecule has 6 heteroatoms. The van der Waals surface area contributed by atoms with E-state index < -0.39 is 0 Å². The monoisotopic (exact) mass is 292 g/mol. The van der Waals surface area contributed by atoms with Gasteiger partial charge >= 0.3 is 6.03 Å². The fraction of sp³-hybridized carbons (Fsp3) is 0.429. The van der Waals surface area contributed by atoms with Gasteiger partial charge < -0.3 is 15.5 Å². The fourth-order valence-corrected chi connectivity index (χ4v) is 2.86. The first-order valence-electron chi connectivity index (χ1n) is 6.62. The van der Waals surface area contributed by atoms with Crippen molar-refractivity contribution >= 4 is 23.0 Å². The van der Waals surface area contributed by atoms with Gasteiger partial charge in [-0.3, -0.25) is 4.99 Å². The first kappa shape index (κ1) is 14.7. The quantitative estimate of drug-likeness (QED) is 0.830. The van der Waals surface area contributed by atoms with E-state index >= 15 is 0 Å². The Hall–Kier alpha value is -1.69. The molecule has 20 heavy (non-hydrogen) atoms. The van der Waals surface area contributed by atoms with Crippen molar-refractivity contribution in [1.29, 1.82) is 0 Å². The lowest BCUT2D eigenvalue weighted by atomic mass is 10.1. The summed E-state index contributed by atoms with van der Waals surface area (Å²) < 4.78 is 0. The van der Waals surface area contributed by atoms with Crippen LogP contribution in [-0.4, -0.2) is 49.8 Å². The molecule has 0 saturated carbocycles. The highest BCUT2D eigenvalue weighted by Crippen LogP contribution is 2.33. The molecule has 5 nitrogen and oxygen atoms in total. The number of nitrogens with one attached hydrogen (secondary N) is 2. The number of hydrogen-bond donors (Lipinski definition) is 2. The molecule has 1 aromatic rings. The molecule has 108 valence electrons. The highest BCUT2D eigenvalue weighted by atomic mass is 32.2. The second kappa shape index (κ2) is 7.19. The van der Waals surface area contributed by atoms with E-state index in [2.05, 4.69) is 39.9 Å². The summed E-state index contributed by atoms with van der Waals surface area (Å²) in [6, 6.07) is 10.3. The van der Waals surface area contributed by atoms with Crippen molar-refractivity contribution in [3.05, 3.63) is 35.9 Å². The number of rotatable bonds is 4. The van der Waals surface area contributed by atoms with E-state index in [0.29, 0.717) is 18.3 Å². The summed E-state index contributed by atoms with van der Waals surface area (Å²) in [7, 11) is 3.45. The maximum Gasteiger partial charge on any atom is 0.316 e. The molecule has 0 saturated heterocycles. The van der Waals surface area contributed by atoms with Crippen LogP contribution >= 0.6 is 11.8 Å². The van der Waals surface area contributed by atoms with Crippen LogP contribution in [0.5, 0.6) is 0 Å². The number of carbonyl (C=O) groups excluding carboxylic acids is 1. The van der Waals surface area contributed by atoms with Crippen molar-refractivity contribution in [2.24, 2.45) is 4.99 Å². The lowest BCUT2D eigenvalue weighted by molar-refractivity contribution is 0.217. The van der Waals surface area contributed by atoms with Crippen molar-refractivity contribution in [2.45, 2.75) is 5.25 Å². The van der Waals surface area contributed by atoms with E-state index in [4.69, 9.17) is 0 Å². The van der Waals surface area contributed by atoms with Gasteiger partial charge in [0.15, 0.2) is 5.17 Å². The smallest absolute Gasteiger partial charge is 0.316 e. The van der Waals surface area contributed by atoms with Crippen molar-refractivity contribution < 1.29 is 4.79 Å². The molecule has 2 amide bonds. The Kier molecular flexibility index (Phi) is 5.29. The third-order valence-electron chi connectivity index (χ3n) is 2.91. The summed E-state index contributed by atoms with van der Waals surface area (Å²) >= 11 is 1.74. The summed E-state index contributed by atoms with van der Waals surface area (Å²) in [5.74, 6) is 0. The minimum Gasteiger partial charge on any atom is -0.363 e. The van der Waals surface area contributed by atoms with Crippen molar-refractivity contribution in [2.75, 3.05) is 33.7 Å². The van der Waals surface area contributed by atoms with Gasteiger partial charge in [-0.15, -0.1) is 0 Å². The van der Waals surface area contributed by atoms with Gasteiger partial charge in [0.25, 0.3) is 0 Å². The molecule has 1 atom stereocenters. The second-order valence-corrected chi connectivity index (χ2v) is 5.91. The summed E-state index contributed by atoms with van der Waals surface area (Å²) in [6.45, 7) is 2.08. The predicted octanol–water partition coefficient (Wildman–Crippen LogP) is 1.69. The first-order chi connectivity index (χ1) is 9.66. The zero-order valence-corrected chi connectivity index (χ0v) is 12.6.